The van der Waals surface area contributed by atoms with E-state index in [4.69, 9.17) is 10.5 Å². The molecule has 0 saturated carbocycles. The van der Waals surface area contributed by atoms with Crippen molar-refractivity contribution >= 4 is 5.97 Å². The molecule has 0 spiro atoms. The van der Waals surface area contributed by atoms with Gasteiger partial charge in [0.2, 0.25) is 0 Å². The van der Waals surface area contributed by atoms with Crippen LogP contribution in [0.3, 0.4) is 0 Å². The van der Waals surface area contributed by atoms with Crippen LogP contribution in [0.2, 0.25) is 0 Å². The van der Waals surface area contributed by atoms with Gasteiger partial charge in [-0.2, -0.15) is 0 Å². The molecule has 1 fully saturated rings. The number of nitrogens with zero attached hydrogens (tertiary/aromatic N) is 1. The Bertz CT molecular complexity index is 243. The number of ether oxygens (including phenoxy) is 2. The van der Waals surface area contributed by atoms with E-state index in [1.165, 1.54) is 7.11 Å². The molecule has 2 N–H and O–H groups in total. The number of nitrogens with two attached hydrogens (primary N) is 1. The Balaban J connectivity index is 2.35. The van der Waals surface area contributed by atoms with Crippen molar-refractivity contribution in [2.24, 2.45) is 5.73 Å². The van der Waals surface area contributed by atoms with E-state index in [0.29, 0.717) is 6.42 Å². The largest absolute Gasteiger partial charge is 0.468 e. The third kappa shape index (κ3) is 3.73. The van der Waals surface area contributed by atoms with E-state index in [1.54, 1.807) is 6.92 Å². The third-order valence-electron chi connectivity index (χ3n) is 2.92. The fourth-order valence-corrected chi connectivity index (χ4v) is 1.82. The number of hydrogen-bond donors (Lipinski definition) is 1. The van der Waals surface area contributed by atoms with Crippen molar-refractivity contribution < 1.29 is 14.3 Å². The number of methoxy groups -OCH3 is 1. The maximum absolute atomic E-state index is 11.4. The molecule has 1 heterocycles. The second-order valence-electron chi connectivity index (χ2n) is 4.64. The van der Waals surface area contributed by atoms with Crippen LogP contribution in [0, 0.1) is 0 Å². The zero-order valence-corrected chi connectivity index (χ0v) is 10.4. The van der Waals surface area contributed by atoms with Crippen LogP contribution in [0.1, 0.15) is 20.3 Å². The van der Waals surface area contributed by atoms with E-state index in [1.807, 2.05) is 6.92 Å². The molecule has 94 valence electrons. The first-order valence-corrected chi connectivity index (χ1v) is 5.67. The molecule has 1 aliphatic rings. The van der Waals surface area contributed by atoms with Gasteiger partial charge in [-0.1, -0.05) is 0 Å². The Morgan fingerprint density at radius 3 is 2.94 bits per heavy atom. The summed E-state index contributed by atoms with van der Waals surface area (Å²) >= 11 is 0. The van der Waals surface area contributed by atoms with E-state index < -0.39 is 5.54 Å². The van der Waals surface area contributed by atoms with E-state index >= 15 is 0 Å². The number of carbonyl (C=O) groups excluding carboxylic acids is 1. The fraction of sp³-hybridized carbons (Fsp3) is 0.909. The van der Waals surface area contributed by atoms with Crippen LogP contribution in [0.4, 0.5) is 0 Å². The molecule has 1 saturated heterocycles. The molecule has 0 amide bonds. The summed E-state index contributed by atoms with van der Waals surface area (Å²) in [6.07, 6.45) is 0.864. The van der Waals surface area contributed by atoms with Crippen LogP contribution in [0.15, 0.2) is 0 Å². The van der Waals surface area contributed by atoms with Gasteiger partial charge >= 0.3 is 5.97 Å². The van der Waals surface area contributed by atoms with Crippen molar-refractivity contribution in [2.45, 2.75) is 31.9 Å². The zero-order valence-electron chi connectivity index (χ0n) is 10.4. The van der Waals surface area contributed by atoms with Crippen molar-refractivity contribution in [2.75, 3.05) is 33.4 Å². The molecular formula is C11H22N2O3. The quantitative estimate of drug-likeness (QED) is 0.688. The molecule has 5 heteroatoms. The second kappa shape index (κ2) is 5.61. The molecule has 2 atom stereocenters. The van der Waals surface area contributed by atoms with Crippen molar-refractivity contribution in [1.29, 1.82) is 0 Å². The Morgan fingerprint density at radius 2 is 2.38 bits per heavy atom. The average molecular weight is 230 g/mol. The van der Waals surface area contributed by atoms with Gasteiger partial charge in [-0.3, -0.25) is 9.69 Å². The van der Waals surface area contributed by atoms with Gasteiger partial charge in [-0.05, 0) is 20.3 Å². The van der Waals surface area contributed by atoms with Gasteiger partial charge in [0.15, 0.2) is 0 Å². The molecule has 16 heavy (non-hydrogen) atoms. The van der Waals surface area contributed by atoms with E-state index in [-0.39, 0.29) is 12.1 Å². The highest BCUT2D eigenvalue weighted by molar-refractivity contribution is 5.79. The van der Waals surface area contributed by atoms with Crippen molar-refractivity contribution in [3.63, 3.8) is 0 Å². The molecule has 1 aliphatic heterocycles. The summed E-state index contributed by atoms with van der Waals surface area (Å²) in [4.78, 5) is 13.6. The molecule has 0 aromatic carbocycles. The fourth-order valence-electron chi connectivity index (χ4n) is 1.82. The summed E-state index contributed by atoms with van der Waals surface area (Å²) in [7, 11) is 1.37. The standard InChI is InChI=1S/C11H22N2O3/c1-9-8-13(6-7-16-9)5-4-11(2,12)10(14)15-3/h9H,4-8,12H2,1-3H3. The maximum atomic E-state index is 11.4. The van der Waals surface area contributed by atoms with Gasteiger partial charge in [0, 0.05) is 19.6 Å². The lowest BCUT2D eigenvalue weighted by molar-refractivity contribution is -0.146. The predicted molar refractivity (Wildman–Crippen MR) is 61.1 cm³/mol. The first-order chi connectivity index (χ1) is 7.45. The van der Waals surface area contributed by atoms with Crippen molar-refractivity contribution in [1.82, 2.24) is 4.90 Å². The van der Waals surface area contributed by atoms with Crippen LogP contribution >= 0.6 is 0 Å². The van der Waals surface area contributed by atoms with Crippen molar-refractivity contribution in [3.8, 4) is 0 Å². The summed E-state index contributed by atoms with van der Waals surface area (Å²) < 4.78 is 10.1. The molecule has 1 rings (SSSR count). The summed E-state index contributed by atoms with van der Waals surface area (Å²) in [6, 6.07) is 0. The van der Waals surface area contributed by atoms with E-state index in [0.717, 1.165) is 26.2 Å². The Hall–Kier alpha value is -0.650. The third-order valence-corrected chi connectivity index (χ3v) is 2.92. The number of esters is 1. The summed E-state index contributed by atoms with van der Waals surface area (Å²) in [5.74, 6) is -0.353. The Kier molecular flexibility index (Phi) is 4.70. The van der Waals surface area contributed by atoms with Crippen LogP contribution in [0.5, 0.6) is 0 Å². The zero-order chi connectivity index (χ0) is 12.2. The van der Waals surface area contributed by atoms with Gasteiger partial charge in [0.25, 0.3) is 0 Å². The first kappa shape index (κ1) is 13.4. The van der Waals surface area contributed by atoms with Gasteiger partial charge in [-0.25, -0.2) is 0 Å². The minimum Gasteiger partial charge on any atom is -0.468 e. The lowest BCUT2D eigenvalue weighted by atomic mass is 9.99. The molecule has 0 radical (unpaired) electrons. The van der Waals surface area contributed by atoms with Gasteiger partial charge in [0.1, 0.15) is 5.54 Å². The summed E-state index contributed by atoms with van der Waals surface area (Å²) in [5.41, 5.74) is 5.00. The van der Waals surface area contributed by atoms with Gasteiger partial charge < -0.3 is 15.2 Å². The van der Waals surface area contributed by atoms with Crippen molar-refractivity contribution in [3.05, 3.63) is 0 Å². The van der Waals surface area contributed by atoms with E-state index in [9.17, 15) is 4.79 Å². The number of hydrogen-bond acceptors (Lipinski definition) is 5. The smallest absolute Gasteiger partial charge is 0.325 e. The molecular weight excluding hydrogens is 208 g/mol. The number of rotatable bonds is 4. The SMILES string of the molecule is COC(=O)C(C)(N)CCN1CCOC(C)C1. The second-order valence-corrected chi connectivity index (χ2v) is 4.64. The minimum absolute atomic E-state index is 0.260. The molecule has 0 aromatic rings. The minimum atomic E-state index is -0.893. The van der Waals surface area contributed by atoms with Crippen LogP contribution in [-0.4, -0.2) is 55.9 Å². The highest BCUT2D eigenvalue weighted by Gasteiger charge is 2.30. The lowest BCUT2D eigenvalue weighted by Crippen LogP contribution is -2.50. The first-order valence-electron chi connectivity index (χ1n) is 5.67. The topological polar surface area (TPSA) is 64.8 Å². The highest BCUT2D eigenvalue weighted by Crippen LogP contribution is 2.11. The summed E-state index contributed by atoms with van der Waals surface area (Å²) in [6.45, 7) is 7.12. The highest BCUT2D eigenvalue weighted by atomic mass is 16.5. The van der Waals surface area contributed by atoms with Crippen LogP contribution in [-0.2, 0) is 14.3 Å². The summed E-state index contributed by atoms with van der Waals surface area (Å²) in [5, 5.41) is 0. The molecule has 5 nitrogen and oxygen atoms in total. The average Bonchev–Trinajstić information content (AvgIpc) is 2.25. The van der Waals surface area contributed by atoms with Crippen LogP contribution in [0.25, 0.3) is 0 Å². The molecule has 0 aliphatic carbocycles. The van der Waals surface area contributed by atoms with Gasteiger partial charge in [-0.15, -0.1) is 0 Å². The monoisotopic (exact) mass is 230 g/mol. The Morgan fingerprint density at radius 1 is 1.69 bits per heavy atom. The molecule has 0 aromatic heterocycles. The predicted octanol–water partition coefficient (Wildman–Crippen LogP) is -0.0124. The number of morpholine rings is 1. The van der Waals surface area contributed by atoms with E-state index in [2.05, 4.69) is 9.64 Å². The Labute approximate surface area is 96.9 Å². The normalized spacial score (nSPS) is 26.1. The number of carbonyl (C=O) groups is 1. The maximum Gasteiger partial charge on any atom is 0.325 e. The van der Waals surface area contributed by atoms with Crippen LogP contribution < -0.4 is 5.73 Å². The molecule has 0 bridgehead atoms. The molecule has 2 unspecified atom stereocenters. The van der Waals surface area contributed by atoms with Gasteiger partial charge in [0.05, 0.1) is 19.8 Å². The lowest BCUT2D eigenvalue weighted by Gasteiger charge is -2.33.